The van der Waals surface area contributed by atoms with Crippen molar-refractivity contribution in [2.75, 3.05) is 11.6 Å². The van der Waals surface area contributed by atoms with E-state index in [4.69, 9.17) is 0 Å². The molecule has 2 aromatic heterocycles. The van der Waals surface area contributed by atoms with Crippen molar-refractivity contribution in [3.05, 3.63) is 86.7 Å². The van der Waals surface area contributed by atoms with Crippen LogP contribution < -0.4 is 16.6 Å². The van der Waals surface area contributed by atoms with Crippen LogP contribution in [0, 0.1) is 13.8 Å². The fraction of sp³-hybridized carbons (Fsp3) is 0.208. The van der Waals surface area contributed by atoms with Gasteiger partial charge in [-0.1, -0.05) is 23.8 Å². The molecule has 0 aliphatic heterocycles. The van der Waals surface area contributed by atoms with E-state index >= 15 is 0 Å². The van der Waals surface area contributed by atoms with Crippen LogP contribution in [0.1, 0.15) is 11.3 Å². The van der Waals surface area contributed by atoms with Crippen LogP contribution in [-0.4, -0.2) is 25.9 Å². The summed E-state index contributed by atoms with van der Waals surface area (Å²) in [6.07, 6.45) is 1.96. The second-order valence-electron chi connectivity index (χ2n) is 7.70. The molecule has 0 fully saturated rings. The molecule has 164 valence electrons. The number of hydrogen-bond donors (Lipinski definition) is 1. The maximum absolute atomic E-state index is 13.4. The molecule has 0 saturated carbocycles. The normalized spacial score (nSPS) is 11.1. The van der Waals surface area contributed by atoms with Crippen molar-refractivity contribution in [2.45, 2.75) is 25.3 Å². The van der Waals surface area contributed by atoms with E-state index in [0.717, 1.165) is 20.7 Å². The van der Waals surface area contributed by atoms with E-state index in [1.807, 2.05) is 50.4 Å². The number of nitrogens with one attached hydrogen (secondary N) is 1. The van der Waals surface area contributed by atoms with Gasteiger partial charge in [0.2, 0.25) is 5.91 Å². The highest BCUT2D eigenvalue weighted by Gasteiger charge is 2.20. The average molecular weight is 449 g/mol. The molecule has 7 nitrogen and oxygen atoms in total. The lowest BCUT2D eigenvalue weighted by atomic mass is 10.2. The zero-order valence-electron chi connectivity index (χ0n) is 18.4. The molecule has 1 amide bonds. The Hall–Kier alpha value is -3.52. The SMILES string of the molecule is CSc1cccc(NC(=O)Cn2c(=O)n(-c3ccc(C)cc3)c(=O)c3c2cc(C)n3C)c1. The second-order valence-corrected chi connectivity index (χ2v) is 8.58. The van der Waals surface area contributed by atoms with Gasteiger partial charge in [-0.05, 0) is 56.5 Å². The van der Waals surface area contributed by atoms with Crippen molar-refractivity contribution in [1.82, 2.24) is 13.7 Å². The van der Waals surface area contributed by atoms with E-state index in [0.29, 0.717) is 22.4 Å². The van der Waals surface area contributed by atoms with Crippen LogP contribution in [-0.2, 0) is 18.4 Å². The van der Waals surface area contributed by atoms with Crippen molar-refractivity contribution in [3.63, 3.8) is 0 Å². The first-order valence-electron chi connectivity index (χ1n) is 10.1. The molecule has 4 aromatic rings. The first kappa shape index (κ1) is 21.7. The van der Waals surface area contributed by atoms with Crippen LogP contribution in [0.2, 0.25) is 0 Å². The summed E-state index contributed by atoms with van der Waals surface area (Å²) in [5.41, 5.74) is 2.81. The van der Waals surface area contributed by atoms with E-state index in [2.05, 4.69) is 5.32 Å². The highest BCUT2D eigenvalue weighted by Crippen LogP contribution is 2.19. The zero-order chi connectivity index (χ0) is 23.0. The number of carbonyl (C=O) groups is 1. The molecule has 0 spiro atoms. The quantitative estimate of drug-likeness (QED) is 0.474. The number of thioether (sulfide) groups is 1. The van der Waals surface area contributed by atoms with Gasteiger partial charge in [0.1, 0.15) is 12.1 Å². The molecule has 0 bridgehead atoms. The van der Waals surface area contributed by atoms with Crippen LogP contribution >= 0.6 is 11.8 Å². The van der Waals surface area contributed by atoms with Crippen molar-refractivity contribution in [2.24, 2.45) is 7.05 Å². The van der Waals surface area contributed by atoms with Gasteiger partial charge in [0.05, 0.1) is 11.2 Å². The summed E-state index contributed by atoms with van der Waals surface area (Å²) in [4.78, 5) is 40.6. The molecule has 0 atom stereocenters. The van der Waals surface area contributed by atoms with Gasteiger partial charge in [0.25, 0.3) is 5.56 Å². The highest BCUT2D eigenvalue weighted by atomic mass is 32.2. The second kappa shape index (κ2) is 8.55. The number of aromatic nitrogens is 3. The lowest BCUT2D eigenvalue weighted by Crippen LogP contribution is -2.41. The largest absolute Gasteiger partial charge is 0.342 e. The number of anilines is 1. The molecular weight excluding hydrogens is 424 g/mol. The molecule has 0 radical (unpaired) electrons. The Labute approximate surface area is 189 Å². The summed E-state index contributed by atoms with van der Waals surface area (Å²) >= 11 is 1.58. The minimum Gasteiger partial charge on any atom is -0.342 e. The highest BCUT2D eigenvalue weighted by molar-refractivity contribution is 7.98. The Balaban J connectivity index is 1.84. The fourth-order valence-corrected chi connectivity index (χ4v) is 4.17. The third-order valence-corrected chi connectivity index (χ3v) is 6.24. The summed E-state index contributed by atoms with van der Waals surface area (Å²) in [6, 6.07) is 16.4. The molecule has 0 unspecified atom stereocenters. The standard InChI is InChI=1S/C24H24N4O3S/c1-15-8-10-18(11-9-15)28-23(30)22-20(12-16(2)26(22)3)27(24(28)31)14-21(29)25-17-6-5-7-19(13-17)32-4/h5-13H,14H2,1-4H3,(H,25,29). The van der Waals surface area contributed by atoms with Gasteiger partial charge in [-0.3, -0.25) is 14.2 Å². The Bertz CT molecular complexity index is 1450. The van der Waals surface area contributed by atoms with Gasteiger partial charge in [0.15, 0.2) is 0 Å². The van der Waals surface area contributed by atoms with Crippen molar-refractivity contribution in [3.8, 4) is 5.69 Å². The smallest absolute Gasteiger partial charge is 0.336 e. The number of fused-ring (bicyclic) bond motifs is 1. The van der Waals surface area contributed by atoms with Gasteiger partial charge in [-0.15, -0.1) is 11.8 Å². The zero-order valence-corrected chi connectivity index (χ0v) is 19.2. The topological polar surface area (TPSA) is 78.0 Å². The van der Waals surface area contributed by atoms with Crippen LogP contribution in [0.4, 0.5) is 5.69 Å². The summed E-state index contributed by atoms with van der Waals surface area (Å²) in [7, 11) is 1.78. The van der Waals surface area contributed by atoms with Gasteiger partial charge >= 0.3 is 5.69 Å². The van der Waals surface area contributed by atoms with Crippen molar-refractivity contribution >= 4 is 34.4 Å². The molecule has 8 heteroatoms. The first-order chi connectivity index (χ1) is 15.3. The van der Waals surface area contributed by atoms with Gasteiger partial charge in [0, 0.05) is 23.3 Å². The average Bonchev–Trinajstić information content (AvgIpc) is 3.07. The Morgan fingerprint density at radius 3 is 2.44 bits per heavy atom. The number of carbonyl (C=O) groups excluding carboxylic acids is 1. The van der Waals surface area contributed by atoms with Crippen LogP contribution in [0.5, 0.6) is 0 Å². The lowest BCUT2D eigenvalue weighted by molar-refractivity contribution is -0.116. The molecule has 4 rings (SSSR count). The third-order valence-electron chi connectivity index (χ3n) is 5.52. The number of nitrogens with zero attached hydrogens (tertiary/aromatic N) is 3. The van der Waals surface area contributed by atoms with Gasteiger partial charge in [-0.25, -0.2) is 9.36 Å². The number of aryl methyl sites for hydroxylation is 3. The molecule has 1 N–H and O–H groups in total. The summed E-state index contributed by atoms with van der Waals surface area (Å²) < 4.78 is 4.23. The Kier molecular flexibility index (Phi) is 5.80. The summed E-state index contributed by atoms with van der Waals surface area (Å²) in [6.45, 7) is 3.58. The maximum atomic E-state index is 13.4. The van der Waals surface area contributed by atoms with E-state index in [1.165, 1.54) is 4.57 Å². The minimum atomic E-state index is -0.551. The van der Waals surface area contributed by atoms with Crippen LogP contribution in [0.25, 0.3) is 16.7 Å². The number of benzene rings is 2. The molecule has 32 heavy (non-hydrogen) atoms. The molecule has 0 aliphatic carbocycles. The summed E-state index contributed by atoms with van der Waals surface area (Å²) in [5, 5.41) is 2.85. The van der Waals surface area contributed by atoms with Gasteiger partial charge < -0.3 is 9.88 Å². The summed E-state index contributed by atoms with van der Waals surface area (Å²) in [5.74, 6) is -0.345. The number of rotatable bonds is 5. The molecule has 0 aliphatic rings. The van der Waals surface area contributed by atoms with Crippen LogP contribution in [0.15, 0.2) is 69.1 Å². The van der Waals surface area contributed by atoms with E-state index < -0.39 is 11.2 Å². The van der Waals surface area contributed by atoms with Crippen LogP contribution in [0.3, 0.4) is 0 Å². The van der Waals surface area contributed by atoms with E-state index in [-0.39, 0.29) is 12.5 Å². The predicted molar refractivity (Wildman–Crippen MR) is 129 cm³/mol. The molecule has 0 saturated heterocycles. The monoisotopic (exact) mass is 448 g/mol. The minimum absolute atomic E-state index is 0.214. The molecule has 2 aromatic carbocycles. The number of amides is 1. The number of hydrogen-bond acceptors (Lipinski definition) is 4. The Morgan fingerprint density at radius 1 is 1.03 bits per heavy atom. The first-order valence-corrected chi connectivity index (χ1v) is 11.4. The van der Waals surface area contributed by atoms with Crippen molar-refractivity contribution in [1.29, 1.82) is 0 Å². The van der Waals surface area contributed by atoms with E-state index in [9.17, 15) is 14.4 Å². The fourth-order valence-electron chi connectivity index (χ4n) is 3.71. The van der Waals surface area contributed by atoms with Gasteiger partial charge in [-0.2, -0.15) is 0 Å². The Morgan fingerprint density at radius 2 is 1.75 bits per heavy atom. The maximum Gasteiger partial charge on any atom is 0.336 e. The lowest BCUT2D eigenvalue weighted by Gasteiger charge is -2.13. The molecule has 2 heterocycles. The van der Waals surface area contributed by atoms with Crippen molar-refractivity contribution < 1.29 is 4.79 Å². The predicted octanol–water partition coefficient (Wildman–Crippen LogP) is 3.47. The van der Waals surface area contributed by atoms with E-state index in [1.54, 1.807) is 47.6 Å². The molecular formula is C24H24N4O3S. The third kappa shape index (κ3) is 3.89.